The summed E-state index contributed by atoms with van der Waals surface area (Å²) < 4.78 is 27.4. The van der Waals surface area contributed by atoms with E-state index >= 15 is 0 Å². The molecule has 1 aliphatic heterocycles. The number of carbonyl (C=O) groups is 1. The van der Waals surface area contributed by atoms with E-state index in [1.165, 1.54) is 18.2 Å². The molecule has 1 saturated heterocycles. The lowest BCUT2D eigenvalue weighted by molar-refractivity contribution is 0.0662. The lowest BCUT2D eigenvalue weighted by atomic mass is 9.91. The van der Waals surface area contributed by atoms with E-state index in [9.17, 15) is 13.6 Å². The van der Waals surface area contributed by atoms with Crippen molar-refractivity contribution in [1.82, 2.24) is 9.88 Å². The van der Waals surface area contributed by atoms with Crippen LogP contribution in [0.25, 0.3) is 0 Å². The molecular formula is C18H20F2N2O. The second-order valence-corrected chi connectivity index (χ2v) is 6.08. The van der Waals surface area contributed by atoms with Crippen molar-refractivity contribution in [1.29, 1.82) is 0 Å². The molecule has 3 rings (SSSR count). The van der Waals surface area contributed by atoms with Crippen molar-refractivity contribution < 1.29 is 13.6 Å². The van der Waals surface area contributed by atoms with Gasteiger partial charge in [-0.1, -0.05) is 6.07 Å². The maximum absolute atomic E-state index is 13.7. The van der Waals surface area contributed by atoms with E-state index in [4.69, 9.17) is 0 Å². The quantitative estimate of drug-likeness (QED) is 0.915. The molecule has 1 aromatic heterocycles. The van der Waals surface area contributed by atoms with Gasteiger partial charge in [-0.2, -0.15) is 0 Å². The van der Waals surface area contributed by atoms with E-state index < -0.39 is 11.6 Å². The number of amides is 1. The number of benzene rings is 1. The Morgan fingerprint density at radius 3 is 2.70 bits per heavy atom. The number of aromatic nitrogens is 1. The van der Waals surface area contributed by atoms with Crippen LogP contribution in [0.4, 0.5) is 8.78 Å². The van der Waals surface area contributed by atoms with Crippen molar-refractivity contribution in [3.05, 3.63) is 59.4 Å². The van der Waals surface area contributed by atoms with E-state index in [2.05, 4.69) is 4.98 Å². The van der Waals surface area contributed by atoms with Gasteiger partial charge in [-0.15, -0.1) is 0 Å². The highest BCUT2D eigenvalue weighted by atomic mass is 19.1. The van der Waals surface area contributed by atoms with Gasteiger partial charge in [0, 0.05) is 24.8 Å². The molecule has 122 valence electrons. The third kappa shape index (κ3) is 3.60. The second-order valence-electron chi connectivity index (χ2n) is 6.08. The number of nitrogens with zero attached hydrogens (tertiary/aromatic N) is 1. The van der Waals surface area contributed by atoms with Gasteiger partial charge < -0.3 is 9.88 Å². The smallest absolute Gasteiger partial charge is 0.270 e. The lowest BCUT2D eigenvalue weighted by Crippen LogP contribution is -2.40. The predicted molar refractivity (Wildman–Crippen MR) is 84.1 cm³/mol. The number of aromatic amines is 1. The van der Waals surface area contributed by atoms with Crippen LogP contribution in [0.1, 0.15) is 35.3 Å². The van der Waals surface area contributed by atoms with Crippen LogP contribution in [-0.2, 0) is 6.42 Å². The zero-order chi connectivity index (χ0) is 16.2. The number of rotatable bonds is 4. The Hall–Kier alpha value is -2.17. The minimum Gasteiger partial charge on any atom is -0.357 e. The van der Waals surface area contributed by atoms with Gasteiger partial charge in [-0.3, -0.25) is 4.79 Å². The molecule has 1 N–H and O–H groups in total. The standard InChI is InChI=1S/C18H20F2N2O/c19-15-5-1-6-16(20)14(15)9-8-13-4-3-11-22(12-13)18(23)17-7-2-10-21-17/h1-2,5-7,10,13,21H,3-4,8-9,11-12H2/t13-/m1/s1. The van der Waals surface area contributed by atoms with Gasteiger partial charge in [0.25, 0.3) is 5.91 Å². The molecule has 1 atom stereocenters. The SMILES string of the molecule is O=C(c1ccc[nH]1)N1CCC[C@H](CCc2c(F)cccc2F)C1. The lowest BCUT2D eigenvalue weighted by Gasteiger charge is -2.32. The molecule has 2 heterocycles. The first-order valence-corrected chi connectivity index (χ1v) is 8.00. The van der Waals surface area contributed by atoms with E-state index in [-0.39, 0.29) is 17.4 Å². The Morgan fingerprint density at radius 2 is 2.00 bits per heavy atom. The maximum atomic E-state index is 13.7. The van der Waals surface area contributed by atoms with Crippen LogP contribution in [0.5, 0.6) is 0 Å². The summed E-state index contributed by atoms with van der Waals surface area (Å²) in [5.74, 6) is -0.696. The van der Waals surface area contributed by atoms with Crippen LogP contribution in [0.2, 0.25) is 0 Å². The van der Waals surface area contributed by atoms with Crippen molar-refractivity contribution >= 4 is 5.91 Å². The summed E-state index contributed by atoms with van der Waals surface area (Å²) in [7, 11) is 0. The van der Waals surface area contributed by atoms with Gasteiger partial charge in [0.05, 0.1) is 0 Å². The highest BCUT2D eigenvalue weighted by Crippen LogP contribution is 2.24. The van der Waals surface area contributed by atoms with E-state index in [1.54, 1.807) is 18.3 Å². The van der Waals surface area contributed by atoms with Gasteiger partial charge in [-0.25, -0.2) is 8.78 Å². The van der Waals surface area contributed by atoms with Crippen LogP contribution in [0.3, 0.4) is 0 Å². The van der Waals surface area contributed by atoms with E-state index in [0.29, 0.717) is 25.1 Å². The Kier molecular flexibility index (Phi) is 4.74. The van der Waals surface area contributed by atoms with Crippen LogP contribution < -0.4 is 0 Å². The maximum Gasteiger partial charge on any atom is 0.270 e. The molecule has 1 aromatic carbocycles. The molecular weight excluding hydrogens is 298 g/mol. The summed E-state index contributed by atoms with van der Waals surface area (Å²) >= 11 is 0. The fourth-order valence-electron chi connectivity index (χ4n) is 3.24. The topological polar surface area (TPSA) is 36.1 Å². The first kappa shape index (κ1) is 15.7. The van der Waals surface area contributed by atoms with Crippen LogP contribution >= 0.6 is 0 Å². The van der Waals surface area contributed by atoms with Gasteiger partial charge >= 0.3 is 0 Å². The number of hydrogen-bond donors (Lipinski definition) is 1. The summed E-state index contributed by atoms with van der Waals surface area (Å²) in [5.41, 5.74) is 0.742. The number of piperidine rings is 1. The molecule has 0 radical (unpaired) electrons. The summed E-state index contributed by atoms with van der Waals surface area (Å²) in [4.78, 5) is 17.1. The molecule has 23 heavy (non-hydrogen) atoms. The molecule has 5 heteroatoms. The monoisotopic (exact) mass is 318 g/mol. The van der Waals surface area contributed by atoms with Crippen LogP contribution in [0, 0.1) is 17.6 Å². The molecule has 0 spiro atoms. The van der Waals surface area contributed by atoms with Crippen molar-refractivity contribution in [2.75, 3.05) is 13.1 Å². The molecule has 1 fully saturated rings. The number of nitrogens with one attached hydrogen (secondary N) is 1. The minimum absolute atomic E-state index is 0.00299. The number of likely N-dealkylation sites (tertiary alicyclic amines) is 1. The Bertz CT molecular complexity index is 649. The summed E-state index contributed by atoms with van der Waals surface area (Å²) in [6.45, 7) is 1.39. The molecule has 3 nitrogen and oxygen atoms in total. The average molecular weight is 318 g/mol. The molecule has 2 aromatic rings. The Morgan fingerprint density at radius 1 is 1.22 bits per heavy atom. The van der Waals surface area contributed by atoms with Gasteiger partial charge in [0.1, 0.15) is 17.3 Å². The third-order valence-corrected chi connectivity index (χ3v) is 4.50. The van der Waals surface area contributed by atoms with E-state index in [0.717, 1.165) is 19.4 Å². The van der Waals surface area contributed by atoms with Gasteiger partial charge in [0.2, 0.25) is 0 Å². The Balaban J connectivity index is 1.60. The zero-order valence-electron chi connectivity index (χ0n) is 12.9. The van der Waals surface area contributed by atoms with Crippen molar-refractivity contribution in [3.63, 3.8) is 0 Å². The summed E-state index contributed by atoms with van der Waals surface area (Å²) in [5, 5.41) is 0. The molecule has 0 unspecified atom stereocenters. The number of halogens is 2. The fraction of sp³-hybridized carbons (Fsp3) is 0.389. The highest BCUT2D eigenvalue weighted by Gasteiger charge is 2.25. The molecule has 1 aliphatic rings. The summed E-state index contributed by atoms with van der Waals surface area (Å²) in [6.07, 6.45) is 4.71. The zero-order valence-corrected chi connectivity index (χ0v) is 12.9. The number of carbonyl (C=O) groups excluding carboxylic acids is 1. The normalized spacial score (nSPS) is 18.2. The Labute approximate surface area is 134 Å². The number of H-pyrrole nitrogens is 1. The molecule has 0 aliphatic carbocycles. The van der Waals surface area contributed by atoms with Crippen LogP contribution in [0.15, 0.2) is 36.5 Å². The predicted octanol–water partition coefficient (Wildman–Crippen LogP) is 3.78. The van der Waals surface area contributed by atoms with Crippen molar-refractivity contribution in [2.45, 2.75) is 25.7 Å². The summed E-state index contributed by atoms with van der Waals surface area (Å²) in [6, 6.07) is 7.53. The largest absolute Gasteiger partial charge is 0.357 e. The van der Waals surface area contributed by atoms with Crippen LogP contribution in [-0.4, -0.2) is 28.9 Å². The highest BCUT2D eigenvalue weighted by molar-refractivity contribution is 5.92. The van der Waals surface area contributed by atoms with Gasteiger partial charge in [-0.05, 0) is 55.9 Å². The first-order valence-electron chi connectivity index (χ1n) is 8.00. The minimum atomic E-state index is -0.486. The van der Waals surface area contributed by atoms with Crippen molar-refractivity contribution in [2.24, 2.45) is 5.92 Å². The molecule has 0 bridgehead atoms. The third-order valence-electron chi connectivity index (χ3n) is 4.50. The number of hydrogen-bond acceptors (Lipinski definition) is 1. The average Bonchev–Trinajstić information content (AvgIpc) is 3.08. The van der Waals surface area contributed by atoms with Gasteiger partial charge in [0.15, 0.2) is 0 Å². The second kappa shape index (κ2) is 6.94. The van der Waals surface area contributed by atoms with Crippen molar-refractivity contribution in [3.8, 4) is 0 Å². The molecule has 1 amide bonds. The molecule has 0 saturated carbocycles. The first-order chi connectivity index (χ1) is 11.1. The fourth-order valence-corrected chi connectivity index (χ4v) is 3.24. The van der Waals surface area contributed by atoms with E-state index in [1.807, 2.05) is 4.90 Å².